The monoisotopic (exact) mass is 413 g/mol. The minimum absolute atomic E-state index is 0.191. The first-order valence-corrected chi connectivity index (χ1v) is 9.08. The van der Waals surface area contributed by atoms with Crippen LogP contribution in [0.1, 0.15) is 0 Å². The molecule has 108 valence electrons. The van der Waals surface area contributed by atoms with Crippen molar-refractivity contribution in [1.29, 1.82) is 0 Å². The van der Waals surface area contributed by atoms with Gasteiger partial charge in [-0.25, -0.2) is 13.4 Å². The predicted octanol–water partition coefficient (Wildman–Crippen LogP) is 2.62. The highest BCUT2D eigenvalue weighted by Gasteiger charge is 2.18. The fraction of sp³-hybridized carbons (Fsp3) is 0.0714. The van der Waals surface area contributed by atoms with E-state index in [1.807, 2.05) is 30.3 Å². The molecule has 0 bridgehead atoms. The van der Waals surface area contributed by atoms with Crippen LogP contribution < -0.4 is 5.73 Å². The Hall–Kier alpha value is -1.61. The van der Waals surface area contributed by atoms with Crippen molar-refractivity contribution in [3.05, 3.63) is 46.0 Å². The van der Waals surface area contributed by atoms with Gasteiger partial charge in [-0.2, -0.15) is 0 Å². The van der Waals surface area contributed by atoms with Crippen molar-refractivity contribution in [2.75, 3.05) is 12.0 Å². The summed E-state index contributed by atoms with van der Waals surface area (Å²) in [6, 6.07) is 12.8. The Morgan fingerprint density at radius 2 is 1.81 bits per heavy atom. The van der Waals surface area contributed by atoms with E-state index >= 15 is 0 Å². The van der Waals surface area contributed by atoms with Crippen molar-refractivity contribution in [3.63, 3.8) is 0 Å². The highest BCUT2D eigenvalue weighted by Crippen LogP contribution is 2.28. The van der Waals surface area contributed by atoms with Crippen molar-refractivity contribution in [3.8, 4) is 5.69 Å². The van der Waals surface area contributed by atoms with Crippen molar-refractivity contribution < 1.29 is 8.42 Å². The van der Waals surface area contributed by atoms with Crippen LogP contribution in [0.4, 0.5) is 5.95 Å². The summed E-state index contributed by atoms with van der Waals surface area (Å²) in [7, 11) is -3.35. The number of imidazole rings is 1. The zero-order valence-corrected chi connectivity index (χ0v) is 14.1. The number of fused-ring (bicyclic) bond motifs is 1. The molecule has 3 rings (SSSR count). The van der Waals surface area contributed by atoms with E-state index in [4.69, 9.17) is 5.73 Å². The molecule has 5 nitrogen and oxygen atoms in total. The molecule has 0 saturated heterocycles. The molecule has 0 aliphatic rings. The summed E-state index contributed by atoms with van der Waals surface area (Å²) in [6.07, 6.45) is 1.17. The number of anilines is 1. The topological polar surface area (TPSA) is 78.0 Å². The minimum Gasteiger partial charge on any atom is -0.369 e. The second-order valence-electron chi connectivity index (χ2n) is 4.68. The van der Waals surface area contributed by atoms with Crippen molar-refractivity contribution >= 4 is 49.4 Å². The van der Waals surface area contributed by atoms with Gasteiger partial charge in [0.1, 0.15) is 5.52 Å². The van der Waals surface area contributed by atoms with Gasteiger partial charge in [-0.05, 0) is 59.0 Å². The number of nitrogens with two attached hydrogens (primary N) is 1. The summed E-state index contributed by atoms with van der Waals surface area (Å²) >= 11 is 2.22. The number of hydrogen-bond donors (Lipinski definition) is 1. The van der Waals surface area contributed by atoms with Crippen molar-refractivity contribution in [1.82, 2.24) is 9.55 Å². The maximum atomic E-state index is 11.9. The molecule has 0 aliphatic carbocycles. The molecule has 2 N–H and O–H groups in total. The van der Waals surface area contributed by atoms with Gasteiger partial charge in [0.2, 0.25) is 5.95 Å². The molecule has 0 spiro atoms. The molecular formula is C14H12IN3O2S. The van der Waals surface area contributed by atoms with Crippen LogP contribution in [0.25, 0.3) is 16.7 Å². The third-order valence-corrected chi connectivity index (χ3v) is 5.01. The van der Waals surface area contributed by atoms with E-state index in [1.165, 1.54) is 6.26 Å². The van der Waals surface area contributed by atoms with Gasteiger partial charge in [-0.1, -0.05) is 6.07 Å². The summed E-state index contributed by atoms with van der Waals surface area (Å²) in [5, 5.41) is 0. The number of aromatic nitrogens is 2. The molecule has 0 fully saturated rings. The van der Waals surface area contributed by atoms with Gasteiger partial charge in [-0.15, -0.1) is 0 Å². The summed E-state index contributed by atoms with van der Waals surface area (Å²) in [4.78, 5) is 4.43. The molecule has 1 aromatic heterocycles. The first kappa shape index (κ1) is 14.3. The molecule has 1 heterocycles. The standard InChI is InChI=1S/C14H12IN3O2S/c1-21(19,20)12-4-2-3-11-13(12)17-14(16)18(11)10-7-5-9(15)6-8-10/h2-8H,1H3,(H2,16,17). The molecule has 3 aromatic rings. The van der Waals surface area contributed by atoms with Crippen LogP contribution in [-0.4, -0.2) is 24.2 Å². The molecule has 0 saturated carbocycles. The molecule has 0 atom stereocenters. The van der Waals surface area contributed by atoms with Gasteiger partial charge in [-0.3, -0.25) is 4.57 Å². The first-order valence-electron chi connectivity index (χ1n) is 6.11. The van der Waals surface area contributed by atoms with Gasteiger partial charge in [0.15, 0.2) is 9.84 Å². The van der Waals surface area contributed by atoms with Gasteiger partial charge in [0.25, 0.3) is 0 Å². The Morgan fingerprint density at radius 1 is 1.14 bits per heavy atom. The molecule has 0 amide bonds. The van der Waals surface area contributed by atoms with E-state index < -0.39 is 9.84 Å². The average Bonchev–Trinajstić information content (AvgIpc) is 2.74. The molecule has 0 radical (unpaired) electrons. The highest BCUT2D eigenvalue weighted by molar-refractivity contribution is 14.1. The van der Waals surface area contributed by atoms with E-state index in [-0.39, 0.29) is 10.8 Å². The fourth-order valence-electron chi connectivity index (χ4n) is 2.25. The predicted molar refractivity (Wildman–Crippen MR) is 91.3 cm³/mol. The van der Waals surface area contributed by atoms with Crippen LogP contribution in [0.2, 0.25) is 0 Å². The van der Waals surface area contributed by atoms with Gasteiger partial charge >= 0.3 is 0 Å². The number of para-hydroxylation sites is 1. The fourth-order valence-corrected chi connectivity index (χ4v) is 3.44. The number of benzene rings is 2. The quantitative estimate of drug-likeness (QED) is 0.656. The normalized spacial score (nSPS) is 11.9. The maximum Gasteiger partial charge on any atom is 0.205 e. The van der Waals surface area contributed by atoms with E-state index in [1.54, 1.807) is 16.7 Å². The van der Waals surface area contributed by atoms with E-state index in [9.17, 15) is 8.42 Å². The third-order valence-electron chi connectivity index (χ3n) is 3.16. The Balaban J connectivity index is 2.35. The summed E-state index contributed by atoms with van der Waals surface area (Å²) in [5.74, 6) is 0.266. The number of sulfone groups is 1. The lowest BCUT2D eigenvalue weighted by Crippen LogP contribution is -2.00. The lowest BCUT2D eigenvalue weighted by atomic mass is 10.3. The molecular weight excluding hydrogens is 401 g/mol. The summed E-state index contributed by atoms with van der Waals surface area (Å²) in [5.41, 5.74) is 7.92. The van der Waals surface area contributed by atoms with Crippen LogP contribution in [-0.2, 0) is 9.84 Å². The molecule has 0 aliphatic heterocycles. The van der Waals surface area contributed by atoms with Crippen molar-refractivity contribution in [2.24, 2.45) is 0 Å². The number of nitrogen functional groups attached to an aromatic ring is 1. The summed E-state index contributed by atoms with van der Waals surface area (Å²) < 4.78 is 26.6. The maximum absolute atomic E-state index is 11.9. The highest BCUT2D eigenvalue weighted by atomic mass is 127. The van der Waals surface area contributed by atoms with Crippen LogP contribution in [0.5, 0.6) is 0 Å². The smallest absolute Gasteiger partial charge is 0.205 e. The average molecular weight is 413 g/mol. The lowest BCUT2D eigenvalue weighted by Gasteiger charge is -2.07. The zero-order chi connectivity index (χ0) is 15.2. The first-order chi connectivity index (χ1) is 9.88. The van der Waals surface area contributed by atoms with Crippen LogP contribution in [0, 0.1) is 3.57 Å². The van der Waals surface area contributed by atoms with Crippen LogP contribution >= 0.6 is 22.6 Å². The van der Waals surface area contributed by atoms with E-state index in [0.29, 0.717) is 11.0 Å². The molecule has 2 aromatic carbocycles. The van der Waals surface area contributed by atoms with Crippen LogP contribution in [0.15, 0.2) is 47.4 Å². The number of hydrogen-bond acceptors (Lipinski definition) is 4. The Morgan fingerprint density at radius 3 is 2.43 bits per heavy atom. The molecule has 21 heavy (non-hydrogen) atoms. The SMILES string of the molecule is CS(=O)(=O)c1cccc2c1nc(N)n2-c1ccc(I)cc1. The third kappa shape index (κ3) is 2.51. The minimum atomic E-state index is -3.35. The Bertz CT molecular complexity index is 931. The number of halogens is 1. The number of nitrogens with zero attached hydrogens (tertiary/aromatic N) is 2. The van der Waals surface area contributed by atoms with E-state index in [0.717, 1.165) is 9.26 Å². The van der Waals surface area contributed by atoms with Gasteiger partial charge in [0, 0.05) is 15.5 Å². The second kappa shape index (κ2) is 4.99. The van der Waals surface area contributed by atoms with Gasteiger partial charge in [0.05, 0.1) is 10.4 Å². The Labute approximate surface area is 135 Å². The van der Waals surface area contributed by atoms with E-state index in [2.05, 4.69) is 27.6 Å². The Kier molecular flexibility index (Phi) is 3.40. The van der Waals surface area contributed by atoms with Gasteiger partial charge < -0.3 is 5.73 Å². The van der Waals surface area contributed by atoms with Crippen LogP contribution in [0.3, 0.4) is 0 Å². The summed E-state index contributed by atoms with van der Waals surface area (Å²) in [6.45, 7) is 0. The molecule has 0 unspecified atom stereocenters. The number of rotatable bonds is 2. The second-order valence-corrected chi connectivity index (χ2v) is 7.91. The molecule has 7 heteroatoms. The lowest BCUT2D eigenvalue weighted by molar-refractivity contribution is 0.602. The van der Waals surface area contributed by atoms with Crippen molar-refractivity contribution in [2.45, 2.75) is 4.90 Å². The zero-order valence-electron chi connectivity index (χ0n) is 11.1. The largest absolute Gasteiger partial charge is 0.369 e.